The summed E-state index contributed by atoms with van der Waals surface area (Å²) in [6.07, 6.45) is 0. The van der Waals surface area contributed by atoms with Crippen molar-refractivity contribution in [3.8, 4) is 6.07 Å². The molecule has 0 fully saturated rings. The van der Waals surface area contributed by atoms with Crippen LogP contribution < -0.4 is 10.6 Å². The molecule has 1 aromatic rings. The van der Waals surface area contributed by atoms with Crippen LogP contribution in [0.1, 0.15) is 0 Å². The Hall–Kier alpha value is -2.06. The third-order valence-electron chi connectivity index (χ3n) is 1.98. The molecule has 1 unspecified atom stereocenters. The quantitative estimate of drug-likeness (QED) is 0.511. The average Bonchev–Trinajstić information content (AvgIpc) is 2.20. The van der Waals surface area contributed by atoms with Crippen LogP contribution >= 0.6 is 0 Å². The highest BCUT2D eigenvalue weighted by molar-refractivity contribution is 6.06. The van der Waals surface area contributed by atoms with Gasteiger partial charge in [0.15, 0.2) is 0 Å². The standard InChI is InChI=1S/C9H7N3O2/c10-5-9(14)8(13)11-6-3-1-2-4-7(6)12-9/h1-4,12,14H,(H,11,13). The molecular weight excluding hydrogens is 182 g/mol. The SMILES string of the molecule is N#CC1(O)Nc2ccccc2NC1=O. The maximum absolute atomic E-state index is 11.3. The van der Waals surface area contributed by atoms with Gasteiger partial charge < -0.3 is 15.7 Å². The van der Waals surface area contributed by atoms with Crippen LogP contribution in [0.15, 0.2) is 24.3 Å². The maximum atomic E-state index is 11.3. The van der Waals surface area contributed by atoms with Gasteiger partial charge in [-0.2, -0.15) is 5.26 Å². The third-order valence-corrected chi connectivity index (χ3v) is 1.98. The van der Waals surface area contributed by atoms with Gasteiger partial charge >= 0.3 is 5.72 Å². The van der Waals surface area contributed by atoms with Crippen LogP contribution in [0.3, 0.4) is 0 Å². The Kier molecular flexibility index (Phi) is 1.66. The van der Waals surface area contributed by atoms with E-state index >= 15 is 0 Å². The Balaban J connectivity index is 2.47. The molecule has 0 aromatic heterocycles. The molecule has 1 atom stereocenters. The van der Waals surface area contributed by atoms with E-state index in [9.17, 15) is 9.90 Å². The Bertz CT molecular complexity index is 438. The molecule has 5 nitrogen and oxygen atoms in total. The lowest BCUT2D eigenvalue weighted by Gasteiger charge is -2.28. The molecule has 0 saturated carbocycles. The summed E-state index contributed by atoms with van der Waals surface area (Å²) in [7, 11) is 0. The Morgan fingerprint density at radius 2 is 2.00 bits per heavy atom. The van der Waals surface area contributed by atoms with Crippen molar-refractivity contribution in [3.63, 3.8) is 0 Å². The van der Waals surface area contributed by atoms with E-state index in [2.05, 4.69) is 10.6 Å². The fourth-order valence-electron chi connectivity index (χ4n) is 1.24. The largest absolute Gasteiger partial charge is 0.352 e. The molecule has 1 heterocycles. The predicted molar refractivity (Wildman–Crippen MR) is 49.3 cm³/mol. The van der Waals surface area contributed by atoms with Crippen molar-refractivity contribution >= 4 is 17.3 Å². The van der Waals surface area contributed by atoms with Crippen molar-refractivity contribution < 1.29 is 9.90 Å². The van der Waals surface area contributed by atoms with Crippen molar-refractivity contribution in [2.75, 3.05) is 10.6 Å². The van der Waals surface area contributed by atoms with Gasteiger partial charge in [0.2, 0.25) is 0 Å². The number of anilines is 2. The fraction of sp³-hybridized carbons (Fsp3) is 0.111. The molecule has 3 N–H and O–H groups in total. The lowest BCUT2D eigenvalue weighted by atomic mass is 10.1. The third kappa shape index (κ3) is 1.09. The predicted octanol–water partition coefficient (Wildman–Crippen LogP) is 0.263. The van der Waals surface area contributed by atoms with Gasteiger partial charge in [-0.1, -0.05) is 12.1 Å². The molecule has 0 aliphatic carbocycles. The molecule has 1 aliphatic heterocycles. The van der Waals surface area contributed by atoms with Crippen LogP contribution in [0.25, 0.3) is 0 Å². The zero-order valence-electron chi connectivity index (χ0n) is 7.11. The van der Waals surface area contributed by atoms with Gasteiger partial charge in [0.1, 0.15) is 6.07 Å². The number of carbonyl (C=O) groups is 1. The topological polar surface area (TPSA) is 85.2 Å². The smallest absolute Gasteiger partial charge is 0.307 e. The number of fused-ring (bicyclic) bond motifs is 1. The number of amides is 1. The molecule has 1 aliphatic rings. The molecule has 0 saturated heterocycles. The Labute approximate surface area is 80.0 Å². The number of nitriles is 1. The Morgan fingerprint density at radius 3 is 2.64 bits per heavy atom. The van der Waals surface area contributed by atoms with Gasteiger partial charge in [0.05, 0.1) is 11.4 Å². The zero-order valence-corrected chi connectivity index (χ0v) is 7.11. The second kappa shape index (κ2) is 2.72. The number of carbonyl (C=O) groups excluding carboxylic acids is 1. The summed E-state index contributed by atoms with van der Waals surface area (Å²) in [5, 5.41) is 23.0. The molecule has 0 radical (unpaired) electrons. The van der Waals surface area contributed by atoms with Crippen LogP contribution in [0.5, 0.6) is 0 Å². The van der Waals surface area contributed by atoms with E-state index in [1.807, 2.05) is 0 Å². The van der Waals surface area contributed by atoms with E-state index in [1.165, 1.54) is 6.07 Å². The van der Waals surface area contributed by atoms with Crippen molar-refractivity contribution in [2.24, 2.45) is 0 Å². The number of hydrogen-bond donors (Lipinski definition) is 3. The van der Waals surface area contributed by atoms with Crippen LogP contribution in [0, 0.1) is 11.3 Å². The molecule has 14 heavy (non-hydrogen) atoms. The van der Waals surface area contributed by atoms with Crippen LogP contribution in [0.2, 0.25) is 0 Å². The summed E-state index contributed by atoms with van der Waals surface area (Å²) in [6.45, 7) is 0. The number of nitrogens with zero attached hydrogens (tertiary/aromatic N) is 1. The van der Waals surface area contributed by atoms with Crippen LogP contribution in [-0.2, 0) is 4.79 Å². The molecule has 2 rings (SSSR count). The number of benzene rings is 1. The van der Waals surface area contributed by atoms with E-state index in [1.54, 1.807) is 24.3 Å². The minimum absolute atomic E-state index is 0.524. The first kappa shape index (κ1) is 8.53. The second-order valence-corrected chi connectivity index (χ2v) is 2.95. The van der Waals surface area contributed by atoms with E-state index in [0.717, 1.165) is 0 Å². The molecule has 70 valence electrons. The molecular formula is C9H7N3O2. The molecule has 5 heteroatoms. The second-order valence-electron chi connectivity index (χ2n) is 2.95. The molecule has 0 bridgehead atoms. The van der Waals surface area contributed by atoms with E-state index in [4.69, 9.17) is 5.26 Å². The highest BCUT2D eigenvalue weighted by Gasteiger charge is 2.40. The van der Waals surface area contributed by atoms with Gasteiger partial charge in [0.25, 0.3) is 5.91 Å². The maximum Gasteiger partial charge on any atom is 0.307 e. The summed E-state index contributed by atoms with van der Waals surface area (Å²) >= 11 is 0. The number of para-hydroxylation sites is 2. The summed E-state index contributed by atoms with van der Waals surface area (Å²) < 4.78 is 0. The van der Waals surface area contributed by atoms with Gasteiger partial charge in [0, 0.05) is 0 Å². The van der Waals surface area contributed by atoms with E-state index in [-0.39, 0.29) is 0 Å². The highest BCUT2D eigenvalue weighted by atomic mass is 16.3. The van der Waals surface area contributed by atoms with Crippen molar-refractivity contribution in [1.29, 1.82) is 5.26 Å². The van der Waals surface area contributed by atoms with Crippen LogP contribution in [-0.4, -0.2) is 16.7 Å². The average molecular weight is 189 g/mol. The fourth-order valence-corrected chi connectivity index (χ4v) is 1.24. The molecule has 1 amide bonds. The zero-order chi connectivity index (χ0) is 10.2. The summed E-state index contributed by atoms with van der Waals surface area (Å²) in [6, 6.07) is 8.33. The van der Waals surface area contributed by atoms with Crippen molar-refractivity contribution in [3.05, 3.63) is 24.3 Å². The number of hydrogen-bond acceptors (Lipinski definition) is 4. The lowest BCUT2D eigenvalue weighted by molar-refractivity contribution is -0.127. The number of rotatable bonds is 0. The summed E-state index contributed by atoms with van der Waals surface area (Å²) in [4.78, 5) is 11.3. The summed E-state index contributed by atoms with van der Waals surface area (Å²) in [5.41, 5.74) is -1.09. The van der Waals surface area contributed by atoms with E-state index in [0.29, 0.717) is 11.4 Å². The first-order valence-corrected chi connectivity index (χ1v) is 3.98. The summed E-state index contributed by atoms with van der Waals surface area (Å²) in [5.74, 6) is -0.765. The van der Waals surface area contributed by atoms with Gasteiger partial charge in [-0.25, -0.2) is 0 Å². The van der Waals surface area contributed by atoms with Gasteiger partial charge in [-0.15, -0.1) is 0 Å². The van der Waals surface area contributed by atoms with Crippen LogP contribution in [0.4, 0.5) is 11.4 Å². The normalized spacial score (nSPS) is 24.1. The minimum Gasteiger partial charge on any atom is -0.352 e. The van der Waals surface area contributed by atoms with Crippen molar-refractivity contribution in [2.45, 2.75) is 5.72 Å². The highest BCUT2D eigenvalue weighted by Crippen LogP contribution is 2.28. The number of aliphatic hydroxyl groups is 1. The molecule has 1 aromatic carbocycles. The van der Waals surface area contributed by atoms with E-state index < -0.39 is 11.6 Å². The first-order chi connectivity index (χ1) is 6.65. The van der Waals surface area contributed by atoms with Crippen molar-refractivity contribution in [1.82, 2.24) is 0 Å². The number of nitrogens with one attached hydrogen (secondary N) is 2. The minimum atomic E-state index is -2.17. The lowest BCUT2D eigenvalue weighted by Crippen LogP contribution is -2.51. The van der Waals surface area contributed by atoms with Gasteiger partial charge in [-0.3, -0.25) is 4.79 Å². The Morgan fingerprint density at radius 1 is 1.36 bits per heavy atom. The van der Waals surface area contributed by atoms with Gasteiger partial charge in [-0.05, 0) is 12.1 Å². The monoisotopic (exact) mass is 189 g/mol. The first-order valence-electron chi connectivity index (χ1n) is 3.98. The molecule has 0 spiro atoms.